The molecule has 2 heterocycles. The van der Waals surface area contributed by atoms with Gasteiger partial charge in [-0.2, -0.15) is 4.98 Å². The van der Waals surface area contributed by atoms with Crippen LogP contribution in [0.2, 0.25) is 0 Å². The number of sulfonamides is 1. The molecule has 5 rings (SSSR count). The predicted octanol–water partition coefficient (Wildman–Crippen LogP) is 5.78. The van der Waals surface area contributed by atoms with Crippen LogP contribution in [0.4, 0.5) is 33.6 Å². The summed E-state index contributed by atoms with van der Waals surface area (Å²) in [5, 5.41) is 18.5. The molecular weight excluding hydrogens is 580 g/mol. The van der Waals surface area contributed by atoms with Gasteiger partial charge in [-0.15, -0.1) is 0 Å². The summed E-state index contributed by atoms with van der Waals surface area (Å²) in [6.07, 6.45) is 0.562. The zero-order chi connectivity index (χ0) is 32.0. The Morgan fingerprint density at radius 3 is 2.43 bits per heavy atom. The number of hydrogen-bond donors (Lipinski definition) is 3. The average Bonchev–Trinajstić information content (AvgIpc) is 3.28. The molecule has 1 amide bonds. The van der Waals surface area contributed by atoms with Crippen LogP contribution in [0.1, 0.15) is 26.3 Å². The molecule has 0 spiro atoms. The highest BCUT2D eigenvalue weighted by Crippen LogP contribution is 2.36. The number of nitrogens with zero attached hydrogens (tertiary/aromatic N) is 6. The number of imidazole rings is 1. The number of carboxylic acid groups (broad SMARTS) is 1. The van der Waals surface area contributed by atoms with E-state index < -0.39 is 21.7 Å². The summed E-state index contributed by atoms with van der Waals surface area (Å²) in [7, 11) is -0.114. The van der Waals surface area contributed by atoms with Crippen molar-refractivity contribution in [3.63, 3.8) is 0 Å². The molecule has 4 N–H and O–H groups in total. The van der Waals surface area contributed by atoms with Crippen LogP contribution in [0, 0.1) is 6.92 Å². The first-order chi connectivity index (χ1) is 20.6. The molecule has 0 radical (unpaired) electrons. The van der Waals surface area contributed by atoms with Crippen molar-refractivity contribution in [2.24, 2.45) is 12.2 Å². The first kappa shape index (κ1) is 30.4. The number of anilines is 5. The van der Waals surface area contributed by atoms with Gasteiger partial charge in [0.1, 0.15) is 11.6 Å². The Bertz CT molecular complexity index is 2000. The molecule has 0 fully saturated rings. The number of carbonyl (C=O) groups is 1. The van der Waals surface area contributed by atoms with Crippen molar-refractivity contribution in [3.8, 4) is 11.4 Å². The fourth-order valence-corrected chi connectivity index (χ4v) is 5.90. The van der Waals surface area contributed by atoms with Gasteiger partial charge < -0.3 is 19.9 Å². The fourth-order valence-electron chi connectivity index (χ4n) is 5.09. The van der Waals surface area contributed by atoms with Crippen molar-refractivity contribution < 1.29 is 18.3 Å². The molecule has 0 aliphatic heterocycles. The number of hydrogen-bond acceptors (Lipinski definition) is 8. The average molecular weight is 615 g/mol. The quantitative estimate of drug-likeness (QED) is 0.206. The SMILES string of the molecule is Cc1ccc(Nc2nccc(N(C)c3ccc4c(c3)nc(-c3ccccc3N(C(=O)O)C(C)(C)C)n4C)n2)cc1S(N)(=O)=O. The van der Waals surface area contributed by atoms with Gasteiger partial charge in [0.05, 0.1) is 21.6 Å². The number of amides is 1. The minimum absolute atomic E-state index is 0.0236. The maximum Gasteiger partial charge on any atom is 0.412 e. The van der Waals surface area contributed by atoms with Crippen molar-refractivity contribution in [1.82, 2.24) is 19.5 Å². The van der Waals surface area contributed by atoms with Gasteiger partial charge in [-0.3, -0.25) is 4.90 Å². The Morgan fingerprint density at radius 1 is 1.02 bits per heavy atom. The number of nitrogens with two attached hydrogens (primary N) is 1. The standard InChI is InChI=1S/C31H34N8O4S/c1-19-11-12-20(17-26(19)44(32,42)43)34-29-33-16-15-27(36-29)37(5)21-13-14-25-23(18-21)35-28(38(25)6)22-9-7-8-10-24(22)39(30(40)41)31(2,3)4/h7-18H,1-6H3,(H,40,41)(H2,32,42,43)(H,33,34,36). The van der Waals surface area contributed by atoms with Crippen molar-refractivity contribution in [2.45, 2.75) is 38.1 Å². The van der Waals surface area contributed by atoms with Crippen molar-refractivity contribution in [2.75, 3.05) is 22.2 Å². The smallest absolute Gasteiger partial charge is 0.412 e. The lowest BCUT2D eigenvalue weighted by Crippen LogP contribution is -2.45. The van der Waals surface area contributed by atoms with Crippen LogP contribution in [0.5, 0.6) is 0 Å². The lowest BCUT2D eigenvalue weighted by atomic mass is 10.0. The second-order valence-electron chi connectivity index (χ2n) is 11.4. The van der Waals surface area contributed by atoms with Gasteiger partial charge in [-0.05, 0) is 81.8 Å². The largest absolute Gasteiger partial charge is 0.465 e. The van der Waals surface area contributed by atoms with Gasteiger partial charge in [-0.25, -0.2) is 28.3 Å². The van der Waals surface area contributed by atoms with Crippen LogP contribution in [0.15, 0.2) is 77.8 Å². The summed E-state index contributed by atoms with van der Waals surface area (Å²) < 4.78 is 25.8. The Kier molecular flexibility index (Phi) is 7.78. The predicted molar refractivity (Wildman–Crippen MR) is 172 cm³/mol. The Balaban J connectivity index is 1.48. The normalized spacial score (nSPS) is 11.9. The summed E-state index contributed by atoms with van der Waals surface area (Å²) in [4.78, 5) is 29.4. The summed E-state index contributed by atoms with van der Waals surface area (Å²) in [5.41, 5.74) is 4.01. The molecule has 0 aliphatic rings. The molecule has 2 aromatic heterocycles. The van der Waals surface area contributed by atoms with Gasteiger partial charge >= 0.3 is 6.09 Å². The summed E-state index contributed by atoms with van der Waals surface area (Å²) in [6.45, 7) is 7.23. The summed E-state index contributed by atoms with van der Waals surface area (Å²) in [6, 6.07) is 19.8. The highest BCUT2D eigenvalue weighted by Gasteiger charge is 2.30. The van der Waals surface area contributed by atoms with Gasteiger partial charge in [-0.1, -0.05) is 18.2 Å². The molecule has 228 valence electrons. The number of aromatic nitrogens is 4. The molecule has 0 bridgehead atoms. The van der Waals surface area contributed by atoms with E-state index in [0.717, 1.165) is 16.7 Å². The van der Waals surface area contributed by atoms with Gasteiger partial charge in [0.15, 0.2) is 0 Å². The van der Waals surface area contributed by atoms with Crippen LogP contribution in [0.3, 0.4) is 0 Å². The van der Waals surface area contributed by atoms with E-state index in [4.69, 9.17) is 10.1 Å². The Morgan fingerprint density at radius 2 is 1.75 bits per heavy atom. The molecule has 0 saturated heterocycles. The molecular formula is C31H34N8O4S. The van der Waals surface area contributed by atoms with E-state index in [0.29, 0.717) is 34.1 Å². The molecule has 12 nitrogen and oxygen atoms in total. The summed E-state index contributed by atoms with van der Waals surface area (Å²) in [5.74, 6) is 1.50. The number of aryl methyl sites for hydroxylation is 2. The maximum atomic E-state index is 12.3. The molecule has 5 aromatic rings. The van der Waals surface area contributed by atoms with E-state index in [1.165, 1.54) is 11.0 Å². The number of rotatable bonds is 7. The van der Waals surface area contributed by atoms with Crippen molar-refractivity contribution in [3.05, 3.63) is 78.5 Å². The maximum absolute atomic E-state index is 12.3. The van der Waals surface area contributed by atoms with Crippen LogP contribution < -0.4 is 20.3 Å². The summed E-state index contributed by atoms with van der Waals surface area (Å²) >= 11 is 0. The minimum Gasteiger partial charge on any atom is -0.465 e. The van der Waals surface area contributed by atoms with Crippen molar-refractivity contribution in [1.29, 1.82) is 0 Å². The lowest BCUT2D eigenvalue weighted by Gasteiger charge is -2.34. The molecule has 0 aliphatic carbocycles. The van der Waals surface area contributed by atoms with Crippen LogP contribution in [-0.2, 0) is 17.1 Å². The topological polar surface area (TPSA) is 160 Å². The van der Waals surface area contributed by atoms with Gasteiger partial charge in [0.2, 0.25) is 16.0 Å². The molecule has 44 heavy (non-hydrogen) atoms. The molecule has 0 unspecified atom stereocenters. The second kappa shape index (κ2) is 11.2. The lowest BCUT2D eigenvalue weighted by molar-refractivity contribution is 0.195. The zero-order valence-electron chi connectivity index (χ0n) is 25.3. The van der Waals surface area contributed by atoms with E-state index in [9.17, 15) is 18.3 Å². The second-order valence-corrected chi connectivity index (χ2v) is 13.0. The number of primary sulfonamides is 1. The monoisotopic (exact) mass is 614 g/mol. The van der Waals surface area contributed by atoms with Gasteiger partial charge in [0.25, 0.3) is 0 Å². The van der Waals surface area contributed by atoms with E-state index in [1.54, 1.807) is 37.4 Å². The van der Waals surface area contributed by atoms with E-state index in [-0.39, 0.29) is 10.8 Å². The first-order valence-corrected chi connectivity index (χ1v) is 15.3. The van der Waals surface area contributed by atoms with Crippen LogP contribution in [0.25, 0.3) is 22.4 Å². The van der Waals surface area contributed by atoms with Crippen LogP contribution in [-0.4, -0.2) is 51.7 Å². The first-order valence-electron chi connectivity index (χ1n) is 13.7. The molecule has 0 atom stereocenters. The molecule has 0 saturated carbocycles. The molecule has 13 heteroatoms. The number of fused-ring (bicyclic) bond motifs is 1. The number of benzene rings is 3. The third-order valence-corrected chi connectivity index (χ3v) is 8.29. The Labute approximate surface area is 255 Å². The fraction of sp³-hybridized carbons (Fsp3) is 0.226. The number of nitrogens with one attached hydrogen (secondary N) is 1. The highest BCUT2D eigenvalue weighted by atomic mass is 32.2. The van der Waals surface area contributed by atoms with E-state index in [1.807, 2.05) is 80.7 Å². The Hall–Kier alpha value is -5.01. The van der Waals surface area contributed by atoms with Crippen molar-refractivity contribution >= 4 is 56.0 Å². The van der Waals surface area contributed by atoms with Crippen LogP contribution >= 0.6 is 0 Å². The highest BCUT2D eigenvalue weighted by molar-refractivity contribution is 7.89. The van der Waals surface area contributed by atoms with E-state index in [2.05, 4.69) is 15.3 Å². The third kappa shape index (κ3) is 5.92. The third-order valence-electron chi connectivity index (χ3n) is 7.24. The van der Waals surface area contributed by atoms with Gasteiger partial charge in [0, 0.05) is 42.8 Å². The minimum atomic E-state index is -3.89. The zero-order valence-corrected chi connectivity index (χ0v) is 26.1. The van der Waals surface area contributed by atoms with E-state index >= 15 is 0 Å². The number of para-hydroxylation sites is 1. The molecule has 3 aromatic carbocycles.